The molecular weight excluding hydrogens is 230 g/mol. The van der Waals surface area contributed by atoms with E-state index < -0.39 is 0 Å². The summed E-state index contributed by atoms with van der Waals surface area (Å²) in [5.74, 6) is 0. The molecule has 0 saturated carbocycles. The number of pyridine rings is 1. The van der Waals surface area contributed by atoms with Crippen LogP contribution in [0.4, 0.5) is 0 Å². The lowest BCUT2D eigenvalue weighted by atomic mass is 10.2. The maximum absolute atomic E-state index is 8.86. The summed E-state index contributed by atoms with van der Waals surface area (Å²) in [6.45, 7) is 3.23. The van der Waals surface area contributed by atoms with Gasteiger partial charge in [0.15, 0.2) is 0 Å². The number of aromatic nitrogens is 1. The molecule has 0 amide bonds. The highest BCUT2D eigenvalue weighted by atomic mass is 16.3. The van der Waals surface area contributed by atoms with Gasteiger partial charge in [0.25, 0.3) is 0 Å². The lowest BCUT2D eigenvalue weighted by Crippen LogP contribution is -2.23. The average molecular weight is 253 g/mol. The summed E-state index contributed by atoms with van der Waals surface area (Å²) in [4.78, 5) is 8.34. The fraction of sp³-hybridized carbons (Fsp3) is 0.615. The van der Waals surface area contributed by atoms with Gasteiger partial charge in [0, 0.05) is 38.6 Å². The predicted molar refractivity (Wildman–Crippen MR) is 71.1 cm³/mol. The van der Waals surface area contributed by atoms with E-state index in [0.29, 0.717) is 13.1 Å². The molecule has 0 bridgehead atoms. The van der Waals surface area contributed by atoms with Crippen LogP contribution in [0.15, 0.2) is 18.5 Å². The van der Waals surface area contributed by atoms with E-state index in [2.05, 4.69) is 20.9 Å². The van der Waals surface area contributed by atoms with Crippen LogP contribution in [0.2, 0.25) is 0 Å². The van der Waals surface area contributed by atoms with Gasteiger partial charge in [-0.05, 0) is 25.2 Å². The standard InChI is InChI=1S/C13H23N3O2/c1-15(3-5-17)10-12-7-13(9-14-8-12)11-16(2)4-6-18/h7-9,17-18H,3-6,10-11H2,1-2H3. The smallest absolute Gasteiger partial charge is 0.0558 e. The van der Waals surface area contributed by atoms with Gasteiger partial charge in [-0.1, -0.05) is 6.07 Å². The minimum atomic E-state index is 0.170. The van der Waals surface area contributed by atoms with Crippen molar-refractivity contribution < 1.29 is 10.2 Å². The second-order valence-electron chi connectivity index (χ2n) is 4.62. The quantitative estimate of drug-likeness (QED) is 0.679. The van der Waals surface area contributed by atoms with Crippen LogP contribution in [-0.2, 0) is 13.1 Å². The molecule has 1 aromatic rings. The number of likely N-dealkylation sites (N-methyl/N-ethyl adjacent to an activating group) is 2. The maximum Gasteiger partial charge on any atom is 0.0558 e. The van der Waals surface area contributed by atoms with Gasteiger partial charge in [0.1, 0.15) is 0 Å². The normalized spacial score (nSPS) is 11.4. The SMILES string of the molecule is CN(CCO)Cc1cncc(CN(C)CCO)c1. The Morgan fingerprint density at radius 2 is 1.39 bits per heavy atom. The molecule has 0 atom stereocenters. The van der Waals surface area contributed by atoms with Gasteiger partial charge in [-0.2, -0.15) is 0 Å². The van der Waals surface area contributed by atoms with Crippen LogP contribution in [0.5, 0.6) is 0 Å². The van der Waals surface area contributed by atoms with E-state index in [0.717, 1.165) is 24.2 Å². The molecular formula is C13H23N3O2. The van der Waals surface area contributed by atoms with Gasteiger partial charge in [-0.15, -0.1) is 0 Å². The average Bonchev–Trinajstić information content (AvgIpc) is 2.29. The number of aliphatic hydroxyl groups excluding tert-OH is 2. The highest BCUT2D eigenvalue weighted by Gasteiger charge is 2.03. The molecule has 5 heteroatoms. The molecule has 1 heterocycles. The molecule has 0 aliphatic rings. The van der Waals surface area contributed by atoms with E-state index in [4.69, 9.17) is 10.2 Å². The van der Waals surface area contributed by atoms with Crippen molar-refractivity contribution >= 4 is 0 Å². The van der Waals surface area contributed by atoms with Crippen molar-refractivity contribution in [1.82, 2.24) is 14.8 Å². The van der Waals surface area contributed by atoms with Crippen LogP contribution in [0, 0.1) is 0 Å². The molecule has 0 radical (unpaired) electrons. The topological polar surface area (TPSA) is 59.8 Å². The van der Waals surface area contributed by atoms with Crippen molar-refractivity contribution in [2.45, 2.75) is 13.1 Å². The van der Waals surface area contributed by atoms with Gasteiger partial charge in [0.05, 0.1) is 13.2 Å². The first-order valence-electron chi connectivity index (χ1n) is 6.17. The molecule has 1 aromatic heterocycles. The molecule has 0 fully saturated rings. The summed E-state index contributed by atoms with van der Waals surface area (Å²) in [6.07, 6.45) is 3.70. The van der Waals surface area contributed by atoms with E-state index >= 15 is 0 Å². The minimum Gasteiger partial charge on any atom is -0.395 e. The highest BCUT2D eigenvalue weighted by Crippen LogP contribution is 2.07. The molecule has 0 aliphatic heterocycles. The van der Waals surface area contributed by atoms with Crippen molar-refractivity contribution in [2.75, 3.05) is 40.4 Å². The molecule has 0 aliphatic carbocycles. The highest BCUT2D eigenvalue weighted by molar-refractivity contribution is 5.18. The van der Waals surface area contributed by atoms with Crippen LogP contribution in [0.25, 0.3) is 0 Å². The summed E-state index contributed by atoms with van der Waals surface area (Å²) < 4.78 is 0. The molecule has 1 rings (SSSR count). The monoisotopic (exact) mass is 253 g/mol. The Balaban J connectivity index is 2.56. The van der Waals surface area contributed by atoms with Crippen LogP contribution in [-0.4, -0.2) is 65.4 Å². The summed E-state index contributed by atoms with van der Waals surface area (Å²) in [6, 6.07) is 2.12. The number of nitrogens with zero attached hydrogens (tertiary/aromatic N) is 3. The third-order valence-corrected chi connectivity index (χ3v) is 2.72. The summed E-state index contributed by atoms with van der Waals surface area (Å²) in [5, 5.41) is 17.7. The number of rotatable bonds is 8. The van der Waals surface area contributed by atoms with E-state index in [-0.39, 0.29) is 13.2 Å². The van der Waals surface area contributed by atoms with Crippen molar-refractivity contribution in [3.05, 3.63) is 29.6 Å². The van der Waals surface area contributed by atoms with Crippen molar-refractivity contribution in [2.24, 2.45) is 0 Å². The molecule has 102 valence electrons. The Bertz CT molecular complexity index is 318. The van der Waals surface area contributed by atoms with Gasteiger partial charge < -0.3 is 10.2 Å². The van der Waals surface area contributed by atoms with Crippen molar-refractivity contribution in [1.29, 1.82) is 0 Å². The van der Waals surface area contributed by atoms with Crippen LogP contribution in [0.3, 0.4) is 0 Å². The number of hydrogen-bond donors (Lipinski definition) is 2. The zero-order valence-corrected chi connectivity index (χ0v) is 11.2. The van der Waals surface area contributed by atoms with E-state index in [1.165, 1.54) is 0 Å². The first kappa shape index (κ1) is 15.0. The van der Waals surface area contributed by atoms with Gasteiger partial charge in [0.2, 0.25) is 0 Å². The summed E-state index contributed by atoms with van der Waals surface area (Å²) >= 11 is 0. The Labute approximate surface area is 109 Å². The lowest BCUT2D eigenvalue weighted by Gasteiger charge is -2.17. The summed E-state index contributed by atoms with van der Waals surface area (Å²) in [7, 11) is 3.95. The second-order valence-corrected chi connectivity index (χ2v) is 4.62. The predicted octanol–water partition coefficient (Wildman–Crippen LogP) is -0.0702. The van der Waals surface area contributed by atoms with E-state index in [9.17, 15) is 0 Å². The third-order valence-electron chi connectivity index (χ3n) is 2.72. The second kappa shape index (κ2) is 8.16. The number of aliphatic hydroxyl groups is 2. The Morgan fingerprint density at radius 1 is 0.944 bits per heavy atom. The molecule has 0 unspecified atom stereocenters. The van der Waals surface area contributed by atoms with Crippen LogP contribution < -0.4 is 0 Å². The fourth-order valence-corrected chi connectivity index (χ4v) is 1.84. The first-order chi connectivity index (χ1) is 8.65. The Morgan fingerprint density at radius 3 is 1.78 bits per heavy atom. The maximum atomic E-state index is 8.86. The minimum absolute atomic E-state index is 0.170. The van der Waals surface area contributed by atoms with Gasteiger partial charge >= 0.3 is 0 Å². The molecule has 5 nitrogen and oxygen atoms in total. The Kier molecular flexibility index (Phi) is 6.82. The molecule has 0 aromatic carbocycles. The van der Waals surface area contributed by atoms with Gasteiger partial charge in [-0.25, -0.2) is 0 Å². The third kappa shape index (κ3) is 5.55. The zero-order valence-electron chi connectivity index (χ0n) is 11.2. The molecule has 18 heavy (non-hydrogen) atoms. The molecule has 0 spiro atoms. The Hall–Kier alpha value is -1.01. The summed E-state index contributed by atoms with van der Waals surface area (Å²) in [5.41, 5.74) is 2.28. The van der Waals surface area contributed by atoms with Crippen molar-refractivity contribution in [3.63, 3.8) is 0 Å². The van der Waals surface area contributed by atoms with E-state index in [1.807, 2.05) is 26.5 Å². The zero-order chi connectivity index (χ0) is 13.4. The largest absolute Gasteiger partial charge is 0.395 e. The van der Waals surface area contributed by atoms with E-state index in [1.54, 1.807) is 0 Å². The van der Waals surface area contributed by atoms with Crippen LogP contribution in [0.1, 0.15) is 11.1 Å². The van der Waals surface area contributed by atoms with Gasteiger partial charge in [-0.3, -0.25) is 14.8 Å². The van der Waals surface area contributed by atoms with Crippen molar-refractivity contribution in [3.8, 4) is 0 Å². The van der Waals surface area contributed by atoms with Crippen LogP contribution >= 0.6 is 0 Å². The lowest BCUT2D eigenvalue weighted by molar-refractivity contribution is 0.215. The molecule has 0 saturated heterocycles. The molecule has 2 N–H and O–H groups in total. The number of hydrogen-bond acceptors (Lipinski definition) is 5. The first-order valence-corrected chi connectivity index (χ1v) is 6.17. The fourth-order valence-electron chi connectivity index (χ4n) is 1.84.